The van der Waals surface area contributed by atoms with E-state index in [2.05, 4.69) is 17.6 Å². The lowest BCUT2D eigenvalue weighted by Crippen LogP contribution is -2.20. The normalized spacial score (nSPS) is 14.7. The highest BCUT2D eigenvalue weighted by Crippen LogP contribution is 2.37. The fourth-order valence-corrected chi connectivity index (χ4v) is 2.21. The van der Waals surface area contributed by atoms with Gasteiger partial charge in [0.25, 0.3) is 0 Å². The van der Waals surface area contributed by atoms with E-state index in [-0.39, 0.29) is 17.1 Å². The lowest BCUT2D eigenvalue weighted by Gasteiger charge is -2.18. The molecule has 0 aliphatic rings. The Morgan fingerprint density at radius 1 is 1.39 bits per heavy atom. The van der Waals surface area contributed by atoms with Crippen molar-refractivity contribution in [2.75, 3.05) is 5.75 Å². The van der Waals surface area contributed by atoms with Gasteiger partial charge in [-0.2, -0.15) is 12.6 Å². The van der Waals surface area contributed by atoms with E-state index in [0.29, 0.717) is 15.9 Å². The molecule has 0 saturated carbocycles. The van der Waals surface area contributed by atoms with Crippen LogP contribution in [0.3, 0.4) is 0 Å². The Morgan fingerprint density at radius 3 is 2.78 bits per heavy atom. The van der Waals surface area contributed by atoms with Crippen LogP contribution in [0.15, 0.2) is 24.4 Å². The van der Waals surface area contributed by atoms with Crippen molar-refractivity contribution in [3.8, 4) is 5.75 Å². The van der Waals surface area contributed by atoms with Crippen LogP contribution in [0.2, 0.25) is 5.02 Å². The highest BCUT2D eigenvalue weighted by atomic mass is 35.5. The van der Waals surface area contributed by atoms with Gasteiger partial charge in [-0.1, -0.05) is 11.6 Å². The molecule has 2 atom stereocenters. The van der Waals surface area contributed by atoms with Crippen LogP contribution in [-0.4, -0.2) is 32.2 Å². The predicted octanol–water partition coefficient (Wildman–Crippen LogP) is 1.92. The summed E-state index contributed by atoms with van der Waals surface area (Å²) in [5.74, 6) is -0.110. The van der Waals surface area contributed by atoms with E-state index in [9.17, 15) is 15.3 Å². The molecule has 0 aliphatic heterocycles. The molecule has 6 heteroatoms. The maximum atomic E-state index is 10.1. The first-order valence-corrected chi connectivity index (χ1v) is 6.30. The second-order valence-electron chi connectivity index (χ2n) is 3.89. The number of nitrogens with zero attached hydrogens (tertiary/aromatic N) is 1. The number of aromatic nitrogens is 1. The maximum absolute atomic E-state index is 10.1. The number of aromatic hydroxyl groups is 1. The van der Waals surface area contributed by atoms with Crippen LogP contribution in [0.1, 0.15) is 11.7 Å². The van der Waals surface area contributed by atoms with Gasteiger partial charge in [0, 0.05) is 22.9 Å². The number of benzene rings is 1. The minimum atomic E-state index is -1.26. The van der Waals surface area contributed by atoms with Gasteiger partial charge in [-0.3, -0.25) is 4.98 Å². The molecule has 2 aromatic rings. The van der Waals surface area contributed by atoms with Crippen molar-refractivity contribution in [3.63, 3.8) is 0 Å². The lowest BCUT2D eigenvalue weighted by molar-refractivity contribution is 0.0324. The summed E-state index contributed by atoms with van der Waals surface area (Å²) in [5, 5.41) is 30.5. The van der Waals surface area contributed by atoms with Gasteiger partial charge in [0.05, 0.1) is 11.1 Å². The number of hydrogen-bond donors (Lipinski definition) is 4. The van der Waals surface area contributed by atoms with E-state index in [1.54, 1.807) is 12.1 Å². The van der Waals surface area contributed by atoms with E-state index >= 15 is 0 Å². The van der Waals surface area contributed by atoms with Crippen molar-refractivity contribution in [3.05, 3.63) is 35.0 Å². The minimum absolute atomic E-state index is 0.0679. The van der Waals surface area contributed by atoms with Gasteiger partial charge in [0.1, 0.15) is 17.4 Å². The fourth-order valence-electron chi connectivity index (χ4n) is 1.74. The number of halogens is 1. The number of hydrogen-bond acceptors (Lipinski definition) is 5. The quantitative estimate of drug-likeness (QED) is 0.650. The van der Waals surface area contributed by atoms with Crippen LogP contribution in [0.5, 0.6) is 5.75 Å². The van der Waals surface area contributed by atoms with Crippen molar-refractivity contribution in [1.29, 1.82) is 0 Å². The molecule has 0 amide bonds. The highest BCUT2D eigenvalue weighted by molar-refractivity contribution is 7.80. The van der Waals surface area contributed by atoms with Crippen LogP contribution in [-0.2, 0) is 0 Å². The summed E-state index contributed by atoms with van der Waals surface area (Å²) in [5.41, 5.74) is 0.443. The third kappa shape index (κ3) is 2.27. The fraction of sp³-hybridized carbons (Fsp3) is 0.250. The number of pyridine rings is 1. The Morgan fingerprint density at radius 2 is 2.11 bits per heavy atom. The number of rotatable bonds is 3. The number of phenols is 1. The van der Waals surface area contributed by atoms with Crippen LogP contribution < -0.4 is 0 Å². The van der Waals surface area contributed by atoms with Crippen molar-refractivity contribution in [1.82, 2.24) is 4.98 Å². The number of thiol groups is 1. The molecule has 1 heterocycles. The minimum Gasteiger partial charge on any atom is -0.505 e. The third-order valence-electron chi connectivity index (χ3n) is 2.72. The first-order valence-electron chi connectivity index (χ1n) is 5.29. The standard InChI is InChI=1S/C12H12ClNO3S/c13-8-4-7(11(16)9(15)5-18)12(17)10-6(8)2-1-3-14-10/h1-4,9,11,15-18H,5H2. The Kier molecular flexibility index (Phi) is 3.97. The second kappa shape index (κ2) is 5.32. The van der Waals surface area contributed by atoms with Gasteiger partial charge in [-0.05, 0) is 18.2 Å². The molecule has 0 bridgehead atoms. The molecule has 96 valence electrons. The van der Waals surface area contributed by atoms with Crippen molar-refractivity contribution < 1.29 is 15.3 Å². The summed E-state index contributed by atoms with van der Waals surface area (Å²) < 4.78 is 0. The number of phenolic OH excluding ortho intramolecular Hbond substituents is 1. The maximum Gasteiger partial charge on any atom is 0.147 e. The molecule has 2 unspecified atom stereocenters. The zero-order valence-electron chi connectivity index (χ0n) is 9.29. The number of aliphatic hydroxyl groups is 2. The largest absolute Gasteiger partial charge is 0.505 e. The van der Waals surface area contributed by atoms with Gasteiger partial charge < -0.3 is 15.3 Å². The molecule has 0 fully saturated rings. The smallest absolute Gasteiger partial charge is 0.147 e. The molecule has 4 nitrogen and oxygen atoms in total. The van der Waals surface area contributed by atoms with Gasteiger partial charge in [0.2, 0.25) is 0 Å². The van der Waals surface area contributed by atoms with Gasteiger partial charge in [-0.15, -0.1) is 0 Å². The molecule has 3 N–H and O–H groups in total. The molecular weight excluding hydrogens is 274 g/mol. The lowest BCUT2D eigenvalue weighted by atomic mass is 10.0. The molecule has 0 aliphatic carbocycles. The first kappa shape index (κ1) is 13.4. The first-order chi connectivity index (χ1) is 8.56. The SMILES string of the molecule is Oc1c(C(O)C(O)CS)cc(Cl)c2cccnc12. The molecule has 0 radical (unpaired) electrons. The Hall–Kier alpha value is -1.01. The highest BCUT2D eigenvalue weighted by Gasteiger charge is 2.23. The predicted molar refractivity (Wildman–Crippen MR) is 73.2 cm³/mol. The van der Waals surface area contributed by atoms with E-state index in [1.165, 1.54) is 12.3 Å². The molecule has 18 heavy (non-hydrogen) atoms. The van der Waals surface area contributed by atoms with Crippen LogP contribution in [0, 0.1) is 0 Å². The van der Waals surface area contributed by atoms with E-state index in [1.807, 2.05) is 0 Å². The summed E-state index contributed by atoms with van der Waals surface area (Å²) in [6.45, 7) is 0. The van der Waals surface area contributed by atoms with Crippen LogP contribution in [0.25, 0.3) is 10.9 Å². The number of fused-ring (bicyclic) bond motifs is 1. The van der Waals surface area contributed by atoms with Gasteiger partial charge in [0.15, 0.2) is 0 Å². The third-order valence-corrected chi connectivity index (χ3v) is 3.40. The van der Waals surface area contributed by atoms with E-state index in [0.717, 1.165) is 0 Å². The molecule has 2 rings (SSSR count). The molecule has 0 spiro atoms. The number of aliphatic hydroxyl groups excluding tert-OH is 2. The average Bonchev–Trinajstić information content (AvgIpc) is 2.41. The Labute approximate surface area is 114 Å². The van der Waals surface area contributed by atoms with Crippen LogP contribution >= 0.6 is 24.2 Å². The molecule has 0 saturated heterocycles. The summed E-state index contributed by atoms with van der Waals surface area (Å²) in [6.07, 6.45) is -0.827. The summed E-state index contributed by atoms with van der Waals surface area (Å²) >= 11 is 9.96. The molecular formula is C12H12ClNO3S. The monoisotopic (exact) mass is 285 g/mol. The molecule has 1 aromatic heterocycles. The van der Waals surface area contributed by atoms with Crippen molar-refractivity contribution in [2.45, 2.75) is 12.2 Å². The topological polar surface area (TPSA) is 73.6 Å². The zero-order valence-corrected chi connectivity index (χ0v) is 10.9. The average molecular weight is 286 g/mol. The van der Waals surface area contributed by atoms with E-state index < -0.39 is 12.2 Å². The van der Waals surface area contributed by atoms with Crippen molar-refractivity contribution in [2.24, 2.45) is 0 Å². The van der Waals surface area contributed by atoms with Gasteiger partial charge in [-0.25, -0.2) is 0 Å². The summed E-state index contributed by atoms with van der Waals surface area (Å²) in [6, 6.07) is 4.85. The Bertz CT molecular complexity index is 578. The summed E-state index contributed by atoms with van der Waals surface area (Å²) in [7, 11) is 0. The summed E-state index contributed by atoms with van der Waals surface area (Å²) in [4.78, 5) is 4.02. The second-order valence-corrected chi connectivity index (χ2v) is 4.66. The van der Waals surface area contributed by atoms with Gasteiger partial charge >= 0.3 is 0 Å². The van der Waals surface area contributed by atoms with Crippen LogP contribution in [0.4, 0.5) is 0 Å². The Balaban J connectivity index is 2.63. The van der Waals surface area contributed by atoms with Crippen molar-refractivity contribution >= 4 is 35.1 Å². The molecule has 1 aromatic carbocycles. The zero-order chi connectivity index (χ0) is 13.3. The van der Waals surface area contributed by atoms with E-state index in [4.69, 9.17) is 11.6 Å².